The summed E-state index contributed by atoms with van der Waals surface area (Å²) in [6.07, 6.45) is 7.17. The van der Waals surface area contributed by atoms with E-state index in [1.54, 1.807) is 18.5 Å². The van der Waals surface area contributed by atoms with E-state index in [9.17, 15) is 9.59 Å². The number of nitrogens with zero attached hydrogens (tertiary/aromatic N) is 3. The molecule has 1 aliphatic rings. The molecule has 1 amide bonds. The molecule has 0 saturated carbocycles. The summed E-state index contributed by atoms with van der Waals surface area (Å²) in [7, 11) is 0. The molecule has 1 aliphatic heterocycles. The van der Waals surface area contributed by atoms with E-state index in [1.165, 1.54) is 19.3 Å². The summed E-state index contributed by atoms with van der Waals surface area (Å²) in [4.78, 5) is 31.6. The molecule has 0 aromatic carbocycles. The first kappa shape index (κ1) is 17.6. The number of hydrogen-bond acceptors (Lipinski definition) is 4. The van der Waals surface area contributed by atoms with Crippen LogP contribution in [0.15, 0.2) is 24.5 Å². The third kappa shape index (κ3) is 3.90. The number of carbonyl (C=O) groups excluding carboxylic acids is 2. The van der Waals surface area contributed by atoms with Crippen molar-refractivity contribution in [1.82, 2.24) is 19.8 Å². The maximum atomic E-state index is 12.6. The van der Waals surface area contributed by atoms with Gasteiger partial charge >= 0.3 is 0 Å². The van der Waals surface area contributed by atoms with Crippen molar-refractivity contribution in [2.75, 3.05) is 26.2 Å². The van der Waals surface area contributed by atoms with Crippen LogP contribution < -0.4 is 5.32 Å². The van der Waals surface area contributed by atoms with Crippen LogP contribution in [0.25, 0.3) is 11.0 Å². The third-order valence-corrected chi connectivity index (χ3v) is 4.76. The SMILES string of the molecule is CC(C)n1cc(C(=O)C(=O)NCCN2CCCCC2)c2cccnc21. The fraction of sp³-hybridized carbons (Fsp3) is 0.526. The zero-order chi connectivity index (χ0) is 17.8. The molecule has 0 spiro atoms. The lowest BCUT2D eigenvalue weighted by Crippen LogP contribution is -2.39. The fourth-order valence-electron chi connectivity index (χ4n) is 3.37. The number of piperidine rings is 1. The summed E-state index contributed by atoms with van der Waals surface area (Å²) < 4.78 is 1.93. The lowest BCUT2D eigenvalue weighted by Gasteiger charge is -2.26. The Morgan fingerprint density at radius 2 is 2.00 bits per heavy atom. The first-order valence-corrected chi connectivity index (χ1v) is 9.08. The number of carbonyl (C=O) groups is 2. The maximum Gasteiger partial charge on any atom is 0.292 e. The minimum absolute atomic E-state index is 0.168. The van der Waals surface area contributed by atoms with Crippen LogP contribution in [0.2, 0.25) is 0 Å². The van der Waals surface area contributed by atoms with Crippen LogP contribution >= 0.6 is 0 Å². The predicted octanol–water partition coefficient (Wildman–Crippen LogP) is 2.40. The standard InChI is InChI=1S/C19H26N4O2/c1-14(2)23-13-16(15-7-6-8-20-18(15)23)17(24)19(25)21-9-12-22-10-4-3-5-11-22/h6-8,13-14H,3-5,9-12H2,1-2H3,(H,21,25). The molecule has 2 aromatic heterocycles. The van der Waals surface area contributed by atoms with Crippen LogP contribution in [0.1, 0.15) is 49.5 Å². The number of rotatable bonds is 6. The number of aromatic nitrogens is 2. The Morgan fingerprint density at radius 3 is 2.72 bits per heavy atom. The van der Waals surface area contributed by atoms with Crippen molar-refractivity contribution in [1.29, 1.82) is 0 Å². The van der Waals surface area contributed by atoms with Gasteiger partial charge in [-0.3, -0.25) is 9.59 Å². The first-order chi connectivity index (χ1) is 12.1. The number of nitrogens with one attached hydrogen (secondary N) is 1. The van der Waals surface area contributed by atoms with Gasteiger partial charge in [0.15, 0.2) is 0 Å². The second-order valence-corrected chi connectivity index (χ2v) is 6.91. The number of likely N-dealkylation sites (tertiary alicyclic amines) is 1. The molecule has 134 valence electrons. The van der Waals surface area contributed by atoms with Crippen LogP contribution in [0.4, 0.5) is 0 Å². The van der Waals surface area contributed by atoms with Crippen molar-refractivity contribution >= 4 is 22.7 Å². The van der Waals surface area contributed by atoms with E-state index < -0.39 is 11.7 Å². The lowest BCUT2D eigenvalue weighted by atomic mass is 10.1. The van der Waals surface area contributed by atoms with Gasteiger partial charge in [-0.1, -0.05) is 6.42 Å². The zero-order valence-electron chi connectivity index (χ0n) is 15.0. The molecular weight excluding hydrogens is 316 g/mol. The molecule has 25 heavy (non-hydrogen) atoms. The predicted molar refractivity (Wildman–Crippen MR) is 97.7 cm³/mol. The van der Waals surface area contributed by atoms with Gasteiger partial charge in [0, 0.05) is 36.9 Å². The van der Waals surface area contributed by atoms with E-state index in [0.29, 0.717) is 12.1 Å². The molecule has 0 unspecified atom stereocenters. The van der Waals surface area contributed by atoms with E-state index in [0.717, 1.165) is 30.7 Å². The Balaban J connectivity index is 1.67. The van der Waals surface area contributed by atoms with Gasteiger partial charge in [-0.25, -0.2) is 4.98 Å². The Labute approximate surface area is 148 Å². The number of hydrogen-bond donors (Lipinski definition) is 1. The van der Waals surface area contributed by atoms with Crippen LogP contribution in [0.5, 0.6) is 0 Å². The summed E-state index contributed by atoms with van der Waals surface area (Å²) in [6, 6.07) is 3.80. The number of pyridine rings is 1. The largest absolute Gasteiger partial charge is 0.348 e. The van der Waals surface area contributed by atoms with Gasteiger partial charge in [0.25, 0.3) is 11.7 Å². The Kier molecular flexibility index (Phi) is 5.48. The van der Waals surface area contributed by atoms with Gasteiger partial charge in [-0.2, -0.15) is 0 Å². The van der Waals surface area contributed by atoms with Crippen molar-refractivity contribution in [2.24, 2.45) is 0 Å². The second kappa shape index (κ2) is 7.78. The average molecular weight is 342 g/mol. The second-order valence-electron chi connectivity index (χ2n) is 6.91. The monoisotopic (exact) mass is 342 g/mol. The highest BCUT2D eigenvalue weighted by molar-refractivity contribution is 6.44. The molecule has 1 saturated heterocycles. The Morgan fingerprint density at radius 1 is 1.24 bits per heavy atom. The number of Topliss-reactive ketones (excluding diaryl/α,β-unsaturated/α-hetero) is 1. The smallest absolute Gasteiger partial charge is 0.292 e. The summed E-state index contributed by atoms with van der Waals surface area (Å²) >= 11 is 0. The highest BCUT2D eigenvalue weighted by Crippen LogP contribution is 2.23. The van der Waals surface area contributed by atoms with Gasteiger partial charge in [0.1, 0.15) is 5.65 Å². The third-order valence-electron chi connectivity index (χ3n) is 4.76. The maximum absolute atomic E-state index is 12.6. The molecule has 1 N–H and O–H groups in total. The van der Waals surface area contributed by atoms with Crippen molar-refractivity contribution in [3.8, 4) is 0 Å². The highest BCUT2D eigenvalue weighted by atomic mass is 16.2. The van der Waals surface area contributed by atoms with Crippen LogP contribution in [-0.2, 0) is 4.79 Å². The summed E-state index contributed by atoms with van der Waals surface area (Å²) in [6.45, 7) is 7.52. The van der Waals surface area contributed by atoms with E-state index in [-0.39, 0.29) is 6.04 Å². The van der Waals surface area contributed by atoms with Gasteiger partial charge in [0.05, 0.1) is 5.56 Å². The zero-order valence-corrected chi connectivity index (χ0v) is 15.0. The summed E-state index contributed by atoms with van der Waals surface area (Å²) in [5.74, 6) is -1.03. The molecule has 1 fully saturated rings. The molecule has 0 atom stereocenters. The summed E-state index contributed by atoms with van der Waals surface area (Å²) in [5, 5.41) is 3.50. The van der Waals surface area contributed by atoms with Gasteiger partial charge < -0.3 is 14.8 Å². The lowest BCUT2D eigenvalue weighted by molar-refractivity contribution is -0.117. The molecule has 0 radical (unpaired) electrons. The van der Waals surface area contributed by atoms with E-state index >= 15 is 0 Å². The molecule has 3 rings (SSSR count). The molecule has 6 nitrogen and oxygen atoms in total. The Hall–Kier alpha value is -2.21. The minimum Gasteiger partial charge on any atom is -0.348 e. The molecule has 6 heteroatoms. The highest BCUT2D eigenvalue weighted by Gasteiger charge is 2.22. The van der Waals surface area contributed by atoms with Crippen molar-refractivity contribution in [2.45, 2.75) is 39.2 Å². The molecule has 2 aromatic rings. The van der Waals surface area contributed by atoms with Crippen LogP contribution in [0, 0.1) is 0 Å². The molecule has 3 heterocycles. The molecular formula is C19H26N4O2. The van der Waals surface area contributed by atoms with E-state index in [1.807, 2.05) is 24.5 Å². The average Bonchev–Trinajstić information content (AvgIpc) is 3.02. The Bertz CT molecular complexity index is 760. The number of amides is 1. The quantitative estimate of drug-likeness (QED) is 0.647. The van der Waals surface area contributed by atoms with Crippen LogP contribution in [-0.4, -0.2) is 52.3 Å². The van der Waals surface area contributed by atoms with E-state index in [2.05, 4.69) is 15.2 Å². The van der Waals surface area contributed by atoms with Crippen molar-refractivity contribution in [3.63, 3.8) is 0 Å². The van der Waals surface area contributed by atoms with Crippen molar-refractivity contribution < 1.29 is 9.59 Å². The first-order valence-electron chi connectivity index (χ1n) is 9.08. The van der Waals surface area contributed by atoms with Gasteiger partial charge in [-0.05, 0) is 51.9 Å². The number of ketones is 1. The van der Waals surface area contributed by atoms with Crippen molar-refractivity contribution in [3.05, 3.63) is 30.1 Å². The number of fused-ring (bicyclic) bond motifs is 1. The molecule has 0 aliphatic carbocycles. The molecule has 0 bridgehead atoms. The normalized spacial score (nSPS) is 15.6. The van der Waals surface area contributed by atoms with Gasteiger partial charge in [-0.15, -0.1) is 0 Å². The van der Waals surface area contributed by atoms with E-state index in [4.69, 9.17) is 0 Å². The fourth-order valence-corrected chi connectivity index (χ4v) is 3.37. The van der Waals surface area contributed by atoms with Gasteiger partial charge in [0.2, 0.25) is 0 Å². The minimum atomic E-state index is -0.538. The summed E-state index contributed by atoms with van der Waals surface area (Å²) in [5.41, 5.74) is 1.16. The van der Waals surface area contributed by atoms with Crippen LogP contribution in [0.3, 0.4) is 0 Å². The topological polar surface area (TPSA) is 67.2 Å².